The summed E-state index contributed by atoms with van der Waals surface area (Å²) in [6.07, 6.45) is 2.24. The first kappa shape index (κ1) is 20.0. The zero-order valence-electron chi connectivity index (χ0n) is 12.8. The highest BCUT2D eigenvalue weighted by Gasteiger charge is 1.97. The molecule has 0 radical (unpaired) electrons. The Morgan fingerprint density at radius 1 is 1.33 bits per heavy atom. The molecule has 1 aromatic rings. The summed E-state index contributed by atoms with van der Waals surface area (Å²) in [5.41, 5.74) is 6.86. The standard InChI is InChI=1S/C15H25N3O2.HI/c1-3-4-8-17-15(16)18-12-13-6-5-7-14(11-13)20-10-9-19-2;/h5-7,11H,3-4,8-10,12H2,1-2H3,(H3,16,17,18);1H. The summed E-state index contributed by atoms with van der Waals surface area (Å²) in [6.45, 7) is 4.68. The minimum absolute atomic E-state index is 0. The number of methoxy groups -OCH3 is 1. The van der Waals surface area contributed by atoms with Crippen molar-refractivity contribution in [2.45, 2.75) is 26.3 Å². The Bertz CT molecular complexity index is 414. The van der Waals surface area contributed by atoms with Gasteiger partial charge < -0.3 is 20.5 Å². The first-order chi connectivity index (χ1) is 9.76. The van der Waals surface area contributed by atoms with Crippen molar-refractivity contribution in [3.05, 3.63) is 29.8 Å². The van der Waals surface area contributed by atoms with E-state index in [2.05, 4.69) is 17.2 Å². The van der Waals surface area contributed by atoms with Crippen molar-refractivity contribution < 1.29 is 9.47 Å². The molecule has 0 spiro atoms. The van der Waals surface area contributed by atoms with E-state index in [-0.39, 0.29) is 24.0 Å². The minimum atomic E-state index is 0. The molecule has 0 aliphatic heterocycles. The average molecular weight is 407 g/mol. The number of guanidine groups is 1. The Balaban J connectivity index is 0.00000400. The molecule has 0 fully saturated rings. The first-order valence-electron chi connectivity index (χ1n) is 7.00. The van der Waals surface area contributed by atoms with Gasteiger partial charge in [-0.3, -0.25) is 0 Å². The maximum absolute atomic E-state index is 5.79. The highest BCUT2D eigenvalue weighted by atomic mass is 127. The molecule has 0 aromatic heterocycles. The number of unbranched alkanes of at least 4 members (excludes halogenated alkanes) is 1. The molecule has 0 unspecified atom stereocenters. The number of hydrogen-bond acceptors (Lipinski definition) is 3. The van der Waals surface area contributed by atoms with Crippen LogP contribution in [0.3, 0.4) is 0 Å². The third-order valence-electron chi connectivity index (χ3n) is 2.72. The zero-order chi connectivity index (χ0) is 14.6. The van der Waals surface area contributed by atoms with E-state index >= 15 is 0 Å². The Kier molecular flexibility index (Phi) is 12.1. The zero-order valence-corrected chi connectivity index (χ0v) is 15.1. The number of aliphatic imine (C=N–C) groups is 1. The number of benzene rings is 1. The van der Waals surface area contributed by atoms with Crippen LogP contribution in [0.4, 0.5) is 0 Å². The monoisotopic (exact) mass is 407 g/mol. The van der Waals surface area contributed by atoms with E-state index in [0.717, 1.165) is 30.7 Å². The molecule has 21 heavy (non-hydrogen) atoms. The van der Waals surface area contributed by atoms with Crippen LogP contribution in [0.5, 0.6) is 5.75 Å². The highest BCUT2D eigenvalue weighted by molar-refractivity contribution is 14.0. The Labute approximate surface area is 144 Å². The van der Waals surface area contributed by atoms with Gasteiger partial charge in [0.25, 0.3) is 0 Å². The second-order valence-corrected chi connectivity index (χ2v) is 4.47. The molecular weight excluding hydrogens is 381 g/mol. The number of halogens is 1. The molecule has 120 valence electrons. The van der Waals surface area contributed by atoms with Crippen LogP contribution in [0.15, 0.2) is 29.3 Å². The lowest BCUT2D eigenvalue weighted by Gasteiger charge is -2.07. The smallest absolute Gasteiger partial charge is 0.188 e. The third-order valence-corrected chi connectivity index (χ3v) is 2.72. The SMILES string of the molecule is CCCCNC(N)=NCc1cccc(OCCOC)c1.I. The Morgan fingerprint density at radius 3 is 2.86 bits per heavy atom. The van der Waals surface area contributed by atoms with Gasteiger partial charge in [0.05, 0.1) is 13.2 Å². The topological polar surface area (TPSA) is 68.9 Å². The highest BCUT2D eigenvalue weighted by Crippen LogP contribution is 2.13. The predicted octanol–water partition coefficient (Wildman–Crippen LogP) is 2.53. The van der Waals surface area contributed by atoms with Crippen molar-refractivity contribution in [2.24, 2.45) is 10.7 Å². The van der Waals surface area contributed by atoms with Crippen LogP contribution in [0.25, 0.3) is 0 Å². The number of nitrogens with one attached hydrogen (secondary N) is 1. The lowest BCUT2D eigenvalue weighted by atomic mass is 10.2. The molecular formula is C15H26IN3O2. The minimum Gasteiger partial charge on any atom is -0.491 e. The van der Waals surface area contributed by atoms with Crippen LogP contribution in [-0.2, 0) is 11.3 Å². The fourth-order valence-corrected chi connectivity index (χ4v) is 1.60. The lowest BCUT2D eigenvalue weighted by molar-refractivity contribution is 0.146. The van der Waals surface area contributed by atoms with Crippen molar-refractivity contribution in [1.82, 2.24) is 5.32 Å². The van der Waals surface area contributed by atoms with E-state index in [1.807, 2.05) is 24.3 Å². The molecule has 6 heteroatoms. The van der Waals surface area contributed by atoms with E-state index in [1.165, 1.54) is 0 Å². The van der Waals surface area contributed by atoms with Crippen molar-refractivity contribution in [2.75, 3.05) is 26.9 Å². The van der Waals surface area contributed by atoms with Gasteiger partial charge in [-0.2, -0.15) is 0 Å². The average Bonchev–Trinajstić information content (AvgIpc) is 2.46. The molecule has 0 heterocycles. The molecule has 0 bridgehead atoms. The van der Waals surface area contributed by atoms with Crippen molar-refractivity contribution in [3.63, 3.8) is 0 Å². The fraction of sp³-hybridized carbons (Fsp3) is 0.533. The lowest BCUT2D eigenvalue weighted by Crippen LogP contribution is -2.32. The number of nitrogens with zero attached hydrogens (tertiary/aromatic N) is 1. The fourth-order valence-electron chi connectivity index (χ4n) is 1.60. The number of ether oxygens (including phenoxy) is 2. The van der Waals surface area contributed by atoms with Crippen molar-refractivity contribution in [3.8, 4) is 5.75 Å². The van der Waals surface area contributed by atoms with Crippen LogP contribution in [0.1, 0.15) is 25.3 Å². The van der Waals surface area contributed by atoms with Crippen molar-refractivity contribution in [1.29, 1.82) is 0 Å². The first-order valence-corrected chi connectivity index (χ1v) is 7.00. The van der Waals surface area contributed by atoms with Gasteiger partial charge in [0.15, 0.2) is 5.96 Å². The maximum Gasteiger partial charge on any atom is 0.188 e. The van der Waals surface area contributed by atoms with Gasteiger partial charge in [-0.05, 0) is 24.1 Å². The summed E-state index contributed by atoms with van der Waals surface area (Å²) in [5.74, 6) is 1.32. The summed E-state index contributed by atoms with van der Waals surface area (Å²) in [6, 6.07) is 7.85. The summed E-state index contributed by atoms with van der Waals surface area (Å²) in [4.78, 5) is 4.31. The van der Waals surface area contributed by atoms with Gasteiger partial charge >= 0.3 is 0 Å². The summed E-state index contributed by atoms with van der Waals surface area (Å²) in [5, 5.41) is 3.09. The maximum atomic E-state index is 5.79. The van der Waals surface area contributed by atoms with Crippen LogP contribution < -0.4 is 15.8 Å². The third kappa shape index (κ3) is 9.52. The van der Waals surface area contributed by atoms with E-state index < -0.39 is 0 Å². The Morgan fingerprint density at radius 2 is 2.14 bits per heavy atom. The molecule has 0 aliphatic carbocycles. The molecule has 1 aromatic carbocycles. The summed E-state index contributed by atoms with van der Waals surface area (Å²) < 4.78 is 10.5. The summed E-state index contributed by atoms with van der Waals surface area (Å²) >= 11 is 0. The van der Waals surface area contributed by atoms with Gasteiger partial charge in [-0.25, -0.2) is 4.99 Å². The van der Waals surface area contributed by atoms with Crippen molar-refractivity contribution >= 4 is 29.9 Å². The largest absolute Gasteiger partial charge is 0.491 e. The van der Waals surface area contributed by atoms with Gasteiger partial charge in [0.2, 0.25) is 0 Å². The number of nitrogens with two attached hydrogens (primary N) is 1. The molecule has 0 aliphatic rings. The molecule has 3 N–H and O–H groups in total. The Hall–Kier alpha value is -1.02. The second-order valence-electron chi connectivity index (χ2n) is 4.47. The summed E-state index contributed by atoms with van der Waals surface area (Å²) in [7, 11) is 1.66. The van der Waals surface area contributed by atoms with Gasteiger partial charge in [-0.15, -0.1) is 24.0 Å². The molecule has 0 saturated carbocycles. The second kappa shape index (κ2) is 12.7. The number of rotatable bonds is 9. The van der Waals surface area contributed by atoms with E-state index in [1.54, 1.807) is 7.11 Å². The predicted molar refractivity (Wildman–Crippen MR) is 97.5 cm³/mol. The molecule has 5 nitrogen and oxygen atoms in total. The van der Waals surface area contributed by atoms with E-state index in [0.29, 0.717) is 25.7 Å². The van der Waals surface area contributed by atoms with Gasteiger partial charge in [-0.1, -0.05) is 25.5 Å². The van der Waals surface area contributed by atoms with E-state index in [9.17, 15) is 0 Å². The quantitative estimate of drug-likeness (QED) is 0.286. The molecule has 0 saturated heterocycles. The van der Waals surface area contributed by atoms with Crippen LogP contribution >= 0.6 is 24.0 Å². The van der Waals surface area contributed by atoms with Gasteiger partial charge in [0, 0.05) is 13.7 Å². The normalized spacial score (nSPS) is 10.9. The van der Waals surface area contributed by atoms with Crippen LogP contribution in [0, 0.1) is 0 Å². The van der Waals surface area contributed by atoms with Crippen LogP contribution in [0.2, 0.25) is 0 Å². The molecule has 1 rings (SSSR count). The van der Waals surface area contributed by atoms with Crippen LogP contribution in [-0.4, -0.2) is 32.8 Å². The van der Waals surface area contributed by atoms with Gasteiger partial charge in [0.1, 0.15) is 12.4 Å². The molecule has 0 atom stereocenters. The van der Waals surface area contributed by atoms with E-state index in [4.69, 9.17) is 15.2 Å². The number of hydrogen-bond donors (Lipinski definition) is 2. The molecule has 0 amide bonds.